The van der Waals surface area contributed by atoms with E-state index >= 15 is 0 Å². The van der Waals surface area contributed by atoms with E-state index in [1.165, 1.54) is 0 Å². The highest BCUT2D eigenvalue weighted by Gasteiger charge is 2.52. The highest BCUT2D eigenvalue weighted by atomic mass is 16.6. The van der Waals surface area contributed by atoms with Gasteiger partial charge in [-0.15, -0.1) is 0 Å². The van der Waals surface area contributed by atoms with Crippen LogP contribution in [0.4, 0.5) is 4.79 Å². The van der Waals surface area contributed by atoms with E-state index in [9.17, 15) is 9.59 Å². The zero-order valence-electron chi connectivity index (χ0n) is 15.1. The lowest BCUT2D eigenvalue weighted by Crippen LogP contribution is -2.54. The number of fused-ring (bicyclic) bond motifs is 2. The van der Waals surface area contributed by atoms with Crippen LogP contribution in [0.5, 0.6) is 0 Å². The van der Waals surface area contributed by atoms with Gasteiger partial charge in [0.2, 0.25) is 5.91 Å². The van der Waals surface area contributed by atoms with Gasteiger partial charge in [0.05, 0.1) is 17.5 Å². The Labute approximate surface area is 144 Å². The molecule has 3 rings (SSSR count). The number of rotatable bonds is 2. The predicted molar refractivity (Wildman–Crippen MR) is 91.3 cm³/mol. The predicted octanol–water partition coefficient (Wildman–Crippen LogP) is 1.89. The number of likely N-dealkylation sites (tertiary alicyclic amines) is 2. The quantitative estimate of drug-likeness (QED) is 0.782. The molecule has 1 aliphatic carbocycles. The van der Waals surface area contributed by atoms with Crippen molar-refractivity contribution in [1.82, 2.24) is 9.80 Å². The molecule has 0 saturated carbocycles. The van der Waals surface area contributed by atoms with E-state index in [1.807, 2.05) is 44.7 Å². The lowest BCUT2D eigenvalue weighted by Gasteiger charge is -2.39. The van der Waals surface area contributed by atoms with Gasteiger partial charge in [-0.2, -0.15) is 0 Å². The largest absolute Gasteiger partial charge is 0.444 e. The first-order valence-electron chi connectivity index (χ1n) is 8.91. The minimum atomic E-state index is -0.495. The maximum Gasteiger partial charge on any atom is 0.410 e. The topological polar surface area (TPSA) is 75.9 Å². The molecule has 2 heterocycles. The molecule has 2 fully saturated rings. The number of hydrogen-bond acceptors (Lipinski definition) is 4. The third kappa shape index (κ3) is 2.92. The summed E-state index contributed by atoms with van der Waals surface area (Å²) in [5, 5.41) is 0. The second-order valence-electron chi connectivity index (χ2n) is 8.37. The zero-order chi connectivity index (χ0) is 17.7. The number of ether oxygens (including phenoxy) is 1. The van der Waals surface area contributed by atoms with Crippen LogP contribution in [0.1, 0.15) is 47.0 Å². The SMILES string of the molecule is CC[C@]1(C(=O)N2C[C@H]3C[C@@H]2CN3C(=O)OC(C)(C)C)C=C[C@@H](N)C1. The van der Waals surface area contributed by atoms with Crippen molar-refractivity contribution in [2.24, 2.45) is 11.1 Å². The lowest BCUT2D eigenvalue weighted by molar-refractivity contribution is -0.142. The summed E-state index contributed by atoms with van der Waals surface area (Å²) in [5.74, 6) is 0.172. The van der Waals surface area contributed by atoms with Crippen LogP contribution in [-0.4, -0.2) is 58.6 Å². The Morgan fingerprint density at radius 1 is 1.25 bits per heavy atom. The molecule has 0 unspecified atom stereocenters. The molecule has 0 aromatic heterocycles. The first-order chi connectivity index (χ1) is 11.1. The molecule has 2 saturated heterocycles. The summed E-state index contributed by atoms with van der Waals surface area (Å²) in [6, 6.07) is 0.136. The number of hydrogen-bond donors (Lipinski definition) is 1. The van der Waals surface area contributed by atoms with Crippen LogP contribution in [0.25, 0.3) is 0 Å². The summed E-state index contributed by atoms with van der Waals surface area (Å²) in [7, 11) is 0. The molecule has 0 aromatic carbocycles. The first-order valence-corrected chi connectivity index (χ1v) is 8.91. The number of nitrogens with zero attached hydrogens (tertiary/aromatic N) is 2. The summed E-state index contributed by atoms with van der Waals surface area (Å²) in [6.45, 7) is 8.83. The van der Waals surface area contributed by atoms with Crippen LogP contribution in [0.15, 0.2) is 12.2 Å². The van der Waals surface area contributed by atoms with Crippen molar-refractivity contribution in [3.63, 3.8) is 0 Å². The van der Waals surface area contributed by atoms with E-state index in [1.54, 1.807) is 4.90 Å². The second kappa shape index (κ2) is 5.76. The molecule has 3 aliphatic rings. The Hall–Kier alpha value is -1.56. The van der Waals surface area contributed by atoms with Gasteiger partial charge in [0.15, 0.2) is 0 Å². The number of carbonyl (C=O) groups excluding carboxylic acids is 2. The van der Waals surface area contributed by atoms with E-state index in [2.05, 4.69) is 0 Å². The van der Waals surface area contributed by atoms with Gasteiger partial charge in [0, 0.05) is 19.1 Å². The Morgan fingerprint density at radius 2 is 1.88 bits per heavy atom. The maximum absolute atomic E-state index is 13.1. The molecule has 4 atom stereocenters. The molecule has 0 radical (unpaired) electrons. The molecule has 0 spiro atoms. The van der Waals surface area contributed by atoms with Crippen molar-refractivity contribution in [3.8, 4) is 0 Å². The van der Waals surface area contributed by atoms with Crippen LogP contribution in [0.3, 0.4) is 0 Å². The Bertz CT molecular complexity index is 568. The van der Waals surface area contributed by atoms with E-state index in [0.29, 0.717) is 19.5 Å². The molecular formula is C18H29N3O3. The van der Waals surface area contributed by atoms with E-state index in [0.717, 1.165) is 12.8 Å². The Morgan fingerprint density at radius 3 is 2.33 bits per heavy atom. The van der Waals surface area contributed by atoms with Gasteiger partial charge < -0.3 is 20.3 Å². The monoisotopic (exact) mass is 335 g/mol. The molecule has 2 bridgehead atoms. The fraction of sp³-hybridized carbons (Fsp3) is 0.778. The summed E-state index contributed by atoms with van der Waals surface area (Å²) in [5.41, 5.74) is 5.04. The molecule has 2 amide bonds. The van der Waals surface area contributed by atoms with Gasteiger partial charge in [0.25, 0.3) is 0 Å². The number of carbonyl (C=O) groups is 2. The smallest absolute Gasteiger partial charge is 0.410 e. The molecule has 0 aromatic rings. The van der Waals surface area contributed by atoms with Gasteiger partial charge in [0.1, 0.15) is 5.60 Å². The number of nitrogens with two attached hydrogens (primary N) is 1. The molecule has 6 nitrogen and oxygen atoms in total. The van der Waals surface area contributed by atoms with E-state index < -0.39 is 11.0 Å². The highest BCUT2D eigenvalue weighted by molar-refractivity contribution is 5.86. The fourth-order valence-electron chi connectivity index (χ4n) is 4.18. The minimum absolute atomic E-state index is 0.0352. The van der Waals surface area contributed by atoms with Crippen LogP contribution in [-0.2, 0) is 9.53 Å². The van der Waals surface area contributed by atoms with Crippen molar-refractivity contribution in [2.45, 2.75) is 70.7 Å². The van der Waals surface area contributed by atoms with Crippen molar-refractivity contribution < 1.29 is 14.3 Å². The molecule has 134 valence electrons. The van der Waals surface area contributed by atoms with E-state index in [-0.39, 0.29) is 30.1 Å². The summed E-state index contributed by atoms with van der Waals surface area (Å²) >= 11 is 0. The van der Waals surface area contributed by atoms with Gasteiger partial charge >= 0.3 is 6.09 Å². The molecular weight excluding hydrogens is 306 g/mol. The Balaban J connectivity index is 1.66. The van der Waals surface area contributed by atoms with Crippen LogP contribution < -0.4 is 5.73 Å². The zero-order valence-corrected chi connectivity index (χ0v) is 15.1. The molecule has 24 heavy (non-hydrogen) atoms. The lowest BCUT2D eigenvalue weighted by atomic mass is 9.82. The van der Waals surface area contributed by atoms with Crippen LogP contribution in [0, 0.1) is 5.41 Å². The molecule has 2 N–H and O–H groups in total. The van der Waals surface area contributed by atoms with Gasteiger partial charge in [-0.25, -0.2) is 4.79 Å². The summed E-state index contributed by atoms with van der Waals surface area (Å²) in [6.07, 6.45) is 5.97. The normalized spacial score (nSPS) is 35.0. The van der Waals surface area contributed by atoms with Crippen molar-refractivity contribution >= 4 is 12.0 Å². The standard InChI is InChI=1S/C18H29N3O3/c1-5-18(7-6-12(19)9-18)15(22)20-10-14-8-13(20)11-21(14)16(23)24-17(2,3)4/h6-7,12-14H,5,8-11,19H2,1-4H3/t12-,13-,14-,18+/m1/s1. The summed E-state index contributed by atoms with van der Waals surface area (Å²) < 4.78 is 5.48. The van der Waals surface area contributed by atoms with Gasteiger partial charge in [-0.1, -0.05) is 19.1 Å². The van der Waals surface area contributed by atoms with Crippen LogP contribution >= 0.6 is 0 Å². The third-order valence-electron chi connectivity index (χ3n) is 5.45. The van der Waals surface area contributed by atoms with Crippen LogP contribution in [0.2, 0.25) is 0 Å². The third-order valence-corrected chi connectivity index (χ3v) is 5.45. The van der Waals surface area contributed by atoms with E-state index in [4.69, 9.17) is 10.5 Å². The Kier molecular flexibility index (Phi) is 4.14. The van der Waals surface area contributed by atoms with Crippen molar-refractivity contribution in [1.29, 1.82) is 0 Å². The average Bonchev–Trinajstić information content (AvgIpc) is 3.18. The molecule has 2 aliphatic heterocycles. The highest BCUT2D eigenvalue weighted by Crippen LogP contribution is 2.41. The molecule has 6 heteroatoms. The van der Waals surface area contributed by atoms with Crippen molar-refractivity contribution in [3.05, 3.63) is 12.2 Å². The average molecular weight is 335 g/mol. The fourth-order valence-corrected chi connectivity index (χ4v) is 4.18. The van der Waals surface area contributed by atoms with Gasteiger partial charge in [-0.05, 0) is 40.0 Å². The van der Waals surface area contributed by atoms with Crippen molar-refractivity contribution in [2.75, 3.05) is 13.1 Å². The summed E-state index contributed by atoms with van der Waals surface area (Å²) in [4.78, 5) is 29.2. The minimum Gasteiger partial charge on any atom is -0.444 e. The number of amides is 2. The second-order valence-corrected chi connectivity index (χ2v) is 8.37. The maximum atomic E-state index is 13.1. The number of piperazine rings is 1. The first kappa shape index (κ1) is 17.3. The van der Waals surface area contributed by atoms with Gasteiger partial charge in [-0.3, -0.25) is 4.79 Å².